The van der Waals surface area contributed by atoms with Gasteiger partial charge in [0.05, 0.1) is 4.90 Å². The number of thioether (sulfide) groups is 1. The summed E-state index contributed by atoms with van der Waals surface area (Å²) in [6, 6.07) is 13.9. The number of rotatable bonds is 2. The number of benzene rings is 2. The lowest BCUT2D eigenvalue weighted by Gasteiger charge is -2.45. The number of ether oxygens (including phenoxy) is 1. The second-order valence-electron chi connectivity index (χ2n) is 8.15. The molecule has 3 aliphatic rings. The van der Waals surface area contributed by atoms with E-state index in [9.17, 15) is 22.8 Å². The van der Waals surface area contributed by atoms with Crippen molar-refractivity contribution < 1.29 is 27.5 Å². The van der Waals surface area contributed by atoms with Crippen LogP contribution in [0.5, 0.6) is 0 Å². The van der Waals surface area contributed by atoms with Crippen molar-refractivity contribution in [1.82, 2.24) is 9.62 Å². The van der Waals surface area contributed by atoms with Crippen LogP contribution in [0.2, 0.25) is 0 Å². The fraction of sp³-hybridized carbons (Fsp3) is 0.261. The van der Waals surface area contributed by atoms with Crippen LogP contribution in [0, 0.1) is 0 Å². The van der Waals surface area contributed by atoms with Crippen LogP contribution in [-0.2, 0) is 19.6 Å². The third kappa shape index (κ3) is 3.83. The molecule has 0 aromatic heterocycles. The number of nitrogens with zero attached hydrogens (tertiary/aromatic N) is 1. The number of allylic oxidation sites excluding steroid dienone is 1. The summed E-state index contributed by atoms with van der Waals surface area (Å²) < 4.78 is 33.4. The van der Waals surface area contributed by atoms with Crippen LogP contribution >= 0.6 is 11.8 Å². The first kappa shape index (κ1) is 21.7. The molecule has 1 N–H and O–H groups in total. The molecule has 0 atom stereocenters. The van der Waals surface area contributed by atoms with Gasteiger partial charge in [-0.1, -0.05) is 42.5 Å². The van der Waals surface area contributed by atoms with Gasteiger partial charge >= 0.3 is 6.03 Å². The van der Waals surface area contributed by atoms with Crippen LogP contribution in [-0.4, -0.2) is 55.4 Å². The Labute approximate surface area is 195 Å². The molecule has 1 aliphatic carbocycles. The van der Waals surface area contributed by atoms with Crippen molar-refractivity contribution in [3.8, 4) is 0 Å². The summed E-state index contributed by atoms with van der Waals surface area (Å²) in [5, 5.41) is 0. The molecular weight excluding hydrogens is 464 g/mol. The second kappa shape index (κ2) is 8.03. The van der Waals surface area contributed by atoms with Crippen molar-refractivity contribution in [2.45, 2.75) is 23.3 Å². The molecule has 2 heterocycles. The van der Waals surface area contributed by atoms with E-state index in [0.717, 1.165) is 0 Å². The number of sulfonamides is 1. The lowest BCUT2D eigenvalue weighted by Crippen LogP contribution is -2.53. The molecule has 0 bridgehead atoms. The molecule has 10 heteroatoms. The predicted octanol–water partition coefficient (Wildman–Crippen LogP) is 2.82. The highest BCUT2D eigenvalue weighted by Gasteiger charge is 2.46. The topological polar surface area (TPSA) is 110 Å². The zero-order chi connectivity index (χ0) is 23.2. The first-order valence-corrected chi connectivity index (χ1v) is 12.9. The minimum Gasteiger partial charge on any atom is -0.484 e. The second-order valence-corrected chi connectivity index (χ2v) is 10.8. The summed E-state index contributed by atoms with van der Waals surface area (Å²) >= 11 is 1.31. The number of piperidine rings is 1. The van der Waals surface area contributed by atoms with Crippen LogP contribution in [0.4, 0.5) is 4.79 Å². The number of hydrogen-bond acceptors (Lipinski definition) is 7. The van der Waals surface area contributed by atoms with Gasteiger partial charge in [0.25, 0.3) is 10.0 Å². The van der Waals surface area contributed by atoms with Crippen LogP contribution in [0.25, 0.3) is 5.76 Å². The predicted molar refractivity (Wildman–Crippen MR) is 122 cm³/mol. The van der Waals surface area contributed by atoms with Crippen molar-refractivity contribution in [3.63, 3.8) is 0 Å². The zero-order valence-corrected chi connectivity index (χ0v) is 19.1. The van der Waals surface area contributed by atoms with Gasteiger partial charge in [0, 0.05) is 42.8 Å². The van der Waals surface area contributed by atoms with Crippen LogP contribution in [0.15, 0.2) is 64.4 Å². The van der Waals surface area contributed by atoms with E-state index in [0.29, 0.717) is 53.5 Å². The monoisotopic (exact) mass is 484 g/mol. The average Bonchev–Trinajstić information content (AvgIpc) is 2.83. The first-order chi connectivity index (χ1) is 15.8. The Morgan fingerprint density at radius 3 is 2.27 bits per heavy atom. The Morgan fingerprint density at radius 1 is 0.939 bits per heavy atom. The molecule has 2 aromatic carbocycles. The number of amides is 2. The standard InChI is InChI=1S/C23H20N2O6S2/c26-18-16-8-4-5-9-17(16)20-21(19(18)27)32-14-23(31-20)10-12-25(13-11-23)22(28)24-33(29,30)15-6-2-1-3-7-15/h1-9H,10-14H2,(H,24,28). The summed E-state index contributed by atoms with van der Waals surface area (Å²) in [6.45, 7) is 0.599. The molecule has 0 saturated carbocycles. The molecular formula is C23H20N2O6S2. The summed E-state index contributed by atoms with van der Waals surface area (Å²) in [5.74, 6) is -0.171. The lowest BCUT2D eigenvalue weighted by molar-refractivity contribution is -0.111. The number of fused-ring (bicyclic) bond motifs is 2. The maximum absolute atomic E-state index is 12.6. The van der Waals surface area contributed by atoms with Gasteiger partial charge in [-0.15, -0.1) is 11.8 Å². The van der Waals surface area contributed by atoms with E-state index in [2.05, 4.69) is 4.72 Å². The minimum absolute atomic E-state index is 0.0217. The molecule has 8 nitrogen and oxygen atoms in total. The molecule has 0 unspecified atom stereocenters. The third-order valence-corrected chi connectivity index (χ3v) is 8.74. The van der Waals surface area contributed by atoms with Crippen molar-refractivity contribution in [2.24, 2.45) is 0 Å². The maximum atomic E-state index is 12.6. The first-order valence-electron chi connectivity index (χ1n) is 10.4. The Bertz CT molecular complexity index is 1300. The van der Waals surface area contributed by atoms with Gasteiger partial charge < -0.3 is 9.64 Å². The number of ketones is 2. The molecule has 1 spiro atoms. The summed E-state index contributed by atoms with van der Waals surface area (Å²) in [5.41, 5.74) is 0.339. The zero-order valence-electron chi connectivity index (χ0n) is 17.4. The van der Waals surface area contributed by atoms with Gasteiger partial charge in [0.2, 0.25) is 11.6 Å². The molecule has 0 radical (unpaired) electrons. The van der Waals surface area contributed by atoms with Gasteiger partial charge in [-0.2, -0.15) is 0 Å². The number of hydrogen-bond donors (Lipinski definition) is 1. The fourth-order valence-electron chi connectivity index (χ4n) is 4.21. The van der Waals surface area contributed by atoms with Crippen molar-refractivity contribution in [2.75, 3.05) is 18.8 Å². The molecule has 2 amide bonds. The lowest BCUT2D eigenvalue weighted by atomic mass is 9.90. The van der Waals surface area contributed by atoms with E-state index >= 15 is 0 Å². The van der Waals surface area contributed by atoms with E-state index in [1.165, 1.54) is 28.8 Å². The molecule has 2 aromatic rings. The third-order valence-electron chi connectivity index (χ3n) is 6.07. The maximum Gasteiger partial charge on any atom is 0.331 e. The summed E-state index contributed by atoms with van der Waals surface area (Å²) in [4.78, 5) is 39.4. The fourth-order valence-corrected chi connectivity index (χ4v) is 6.47. The van der Waals surface area contributed by atoms with Crippen molar-refractivity contribution >= 4 is 45.1 Å². The van der Waals surface area contributed by atoms with E-state index in [1.807, 2.05) is 0 Å². The Kier molecular flexibility index (Phi) is 5.29. The van der Waals surface area contributed by atoms with Crippen molar-refractivity contribution in [3.05, 3.63) is 70.6 Å². The van der Waals surface area contributed by atoms with Gasteiger partial charge in [0.15, 0.2) is 0 Å². The van der Waals surface area contributed by atoms with Gasteiger partial charge in [-0.25, -0.2) is 17.9 Å². The molecule has 1 saturated heterocycles. The van der Waals surface area contributed by atoms with Gasteiger partial charge in [0.1, 0.15) is 16.3 Å². The molecule has 170 valence electrons. The van der Waals surface area contributed by atoms with Crippen molar-refractivity contribution in [1.29, 1.82) is 0 Å². The van der Waals surface area contributed by atoms with E-state index in [1.54, 1.807) is 42.5 Å². The SMILES string of the molecule is O=C1C(=O)c2ccccc2C2=C1SCC1(CCN(C(=O)NS(=O)(=O)c3ccccc3)CC1)O2. The normalized spacial score (nSPS) is 19.6. The Morgan fingerprint density at radius 2 is 1.58 bits per heavy atom. The number of nitrogens with one attached hydrogen (secondary N) is 1. The minimum atomic E-state index is -3.96. The summed E-state index contributed by atoms with van der Waals surface area (Å²) in [7, 11) is -3.96. The highest BCUT2D eigenvalue weighted by molar-refractivity contribution is 8.04. The number of carbonyl (C=O) groups is 3. The molecule has 33 heavy (non-hydrogen) atoms. The number of urea groups is 1. The van der Waals surface area contributed by atoms with E-state index in [-0.39, 0.29) is 4.90 Å². The van der Waals surface area contributed by atoms with Crippen LogP contribution in [0.1, 0.15) is 28.8 Å². The van der Waals surface area contributed by atoms with Crippen LogP contribution < -0.4 is 4.72 Å². The largest absolute Gasteiger partial charge is 0.484 e. The number of carbonyl (C=O) groups excluding carboxylic acids is 3. The smallest absolute Gasteiger partial charge is 0.331 e. The van der Waals surface area contributed by atoms with Gasteiger partial charge in [-0.3, -0.25) is 9.59 Å². The number of likely N-dealkylation sites (tertiary alicyclic amines) is 1. The number of Topliss-reactive ketones (excluding diaryl/α,β-unsaturated/α-hetero) is 2. The van der Waals surface area contributed by atoms with E-state index in [4.69, 9.17) is 4.74 Å². The van der Waals surface area contributed by atoms with E-state index < -0.39 is 33.2 Å². The summed E-state index contributed by atoms with van der Waals surface area (Å²) in [6.07, 6.45) is 0.944. The quantitative estimate of drug-likeness (QED) is 0.653. The average molecular weight is 485 g/mol. The molecule has 5 rings (SSSR count). The molecule has 2 aliphatic heterocycles. The highest BCUT2D eigenvalue weighted by Crippen LogP contribution is 2.47. The van der Waals surface area contributed by atoms with Gasteiger partial charge in [-0.05, 0) is 12.1 Å². The van der Waals surface area contributed by atoms with Crippen LogP contribution in [0.3, 0.4) is 0 Å². The highest BCUT2D eigenvalue weighted by atomic mass is 32.2. The molecule has 1 fully saturated rings. The Balaban J connectivity index is 1.30. The Hall–Kier alpha value is -3.11.